The highest BCUT2D eigenvalue weighted by Crippen LogP contribution is 2.28. The van der Waals surface area contributed by atoms with E-state index in [4.69, 9.17) is 0 Å². The summed E-state index contributed by atoms with van der Waals surface area (Å²) in [6, 6.07) is 0. The Balaban J connectivity index is 2.55. The lowest BCUT2D eigenvalue weighted by atomic mass is 9.91. The van der Waals surface area contributed by atoms with Crippen LogP contribution in [0.2, 0.25) is 0 Å². The number of alkyl halides is 1. The van der Waals surface area contributed by atoms with Crippen molar-refractivity contribution in [1.29, 1.82) is 0 Å². The standard InChI is InChI=1S/C9H7BrFNO/c10-7-4-12-3-6-5(7)1-2-8(11)9(6)13/h3-4,8H,1-2H2/t8-/m0/s1. The second kappa shape index (κ2) is 3.18. The minimum atomic E-state index is -1.34. The van der Waals surface area contributed by atoms with Gasteiger partial charge in [0.25, 0.3) is 0 Å². The van der Waals surface area contributed by atoms with Crippen molar-refractivity contribution in [1.82, 2.24) is 4.98 Å². The Morgan fingerprint density at radius 2 is 2.31 bits per heavy atom. The first kappa shape index (κ1) is 8.81. The van der Waals surface area contributed by atoms with Crippen molar-refractivity contribution in [3.05, 3.63) is 28.0 Å². The fourth-order valence-corrected chi connectivity index (χ4v) is 2.03. The first-order chi connectivity index (χ1) is 6.20. The minimum absolute atomic E-state index is 0.286. The van der Waals surface area contributed by atoms with Crippen LogP contribution < -0.4 is 0 Å². The van der Waals surface area contributed by atoms with Crippen LogP contribution in [0.1, 0.15) is 22.3 Å². The van der Waals surface area contributed by atoms with E-state index in [0.29, 0.717) is 12.0 Å². The molecule has 13 heavy (non-hydrogen) atoms. The van der Waals surface area contributed by atoms with E-state index in [2.05, 4.69) is 20.9 Å². The molecule has 4 heteroatoms. The number of hydrogen-bond acceptors (Lipinski definition) is 2. The lowest BCUT2D eigenvalue weighted by Crippen LogP contribution is -2.24. The van der Waals surface area contributed by atoms with E-state index < -0.39 is 12.0 Å². The van der Waals surface area contributed by atoms with Gasteiger partial charge in [-0.3, -0.25) is 9.78 Å². The third kappa shape index (κ3) is 1.39. The normalized spacial score (nSPS) is 21.4. The molecule has 1 aromatic heterocycles. The Morgan fingerprint density at radius 1 is 1.54 bits per heavy atom. The molecule has 0 aliphatic heterocycles. The van der Waals surface area contributed by atoms with E-state index in [-0.39, 0.29) is 6.42 Å². The average Bonchev–Trinajstić information content (AvgIpc) is 2.12. The van der Waals surface area contributed by atoms with Crippen LogP contribution >= 0.6 is 15.9 Å². The van der Waals surface area contributed by atoms with Crippen LogP contribution in [0.15, 0.2) is 16.9 Å². The fourth-order valence-electron chi connectivity index (χ4n) is 1.50. The lowest BCUT2D eigenvalue weighted by Gasteiger charge is -2.17. The Morgan fingerprint density at radius 3 is 3.08 bits per heavy atom. The van der Waals surface area contributed by atoms with Crippen molar-refractivity contribution in [2.45, 2.75) is 19.0 Å². The maximum atomic E-state index is 13.0. The summed E-state index contributed by atoms with van der Waals surface area (Å²) in [7, 11) is 0. The first-order valence-electron chi connectivity index (χ1n) is 4.01. The zero-order valence-corrected chi connectivity index (χ0v) is 8.34. The van der Waals surface area contributed by atoms with Crippen molar-refractivity contribution in [3.63, 3.8) is 0 Å². The van der Waals surface area contributed by atoms with Crippen LogP contribution in [0, 0.1) is 0 Å². The van der Waals surface area contributed by atoms with Crippen LogP contribution in [-0.2, 0) is 6.42 Å². The summed E-state index contributed by atoms with van der Waals surface area (Å²) >= 11 is 3.29. The number of pyridine rings is 1. The molecule has 2 nitrogen and oxygen atoms in total. The van der Waals surface area contributed by atoms with Gasteiger partial charge in [0.1, 0.15) is 0 Å². The summed E-state index contributed by atoms with van der Waals surface area (Å²) in [5, 5.41) is 0. The highest BCUT2D eigenvalue weighted by Gasteiger charge is 2.28. The van der Waals surface area contributed by atoms with Gasteiger partial charge >= 0.3 is 0 Å². The number of fused-ring (bicyclic) bond motifs is 1. The quantitative estimate of drug-likeness (QED) is 0.700. The maximum absolute atomic E-state index is 13.0. The zero-order valence-electron chi connectivity index (χ0n) is 6.76. The Bertz CT molecular complexity index is 367. The number of ketones is 1. The molecule has 0 saturated carbocycles. The number of Topliss-reactive ketones (excluding diaryl/α,β-unsaturated/α-hetero) is 1. The predicted molar refractivity (Wildman–Crippen MR) is 49.5 cm³/mol. The molecule has 0 aromatic carbocycles. The molecular formula is C9H7BrFNO. The monoisotopic (exact) mass is 243 g/mol. The van der Waals surface area contributed by atoms with Gasteiger partial charge in [-0.15, -0.1) is 0 Å². The van der Waals surface area contributed by atoms with Crippen molar-refractivity contribution >= 4 is 21.7 Å². The summed E-state index contributed by atoms with van der Waals surface area (Å²) < 4.78 is 13.8. The largest absolute Gasteiger partial charge is 0.291 e. The summed E-state index contributed by atoms with van der Waals surface area (Å²) in [6.07, 6.45) is 2.61. The highest BCUT2D eigenvalue weighted by atomic mass is 79.9. The van der Waals surface area contributed by atoms with E-state index in [1.807, 2.05) is 0 Å². The van der Waals surface area contributed by atoms with E-state index in [0.717, 1.165) is 10.0 Å². The second-order valence-electron chi connectivity index (χ2n) is 3.02. The number of carbonyl (C=O) groups is 1. The maximum Gasteiger partial charge on any atom is 0.198 e. The molecule has 0 saturated heterocycles. The highest BCUT2D eigenvalue weighted by molar-refractivity contribution is 9.10. The number of halogens is 2. The van der Waals surface area contributed by atoms with Crippen LogP contribution in [0.25, 0.3) is 0 Å². The summed E-state index contributed by atoms with van der Waals surface area (Å²) in [5.41, 5.74) is 1.31. The lowest BCUT2D eigenvalue weighted by molar-refractivity contribution is 0.0855. The van der Waals surface area contributed by atoms with Crippen molar-refractivity contribution in [2.24, 2.45) is 0 Å². The molecule has 1 aromatic rings. The van der Waals surface area contributed by atoms with Gasteiger partial charge in [0.2, 0.25) is 0 Å². The van der Waals surface area contributed by atoms with Crippen molar-refractivity contribution in [3.8, 4) is 0 Å². The van der Waals surface area contributed by atoms with Gasteiger partial charge in [-0.05, 0) is 34.3 Å². The van der Waals surface area contributed by atoms with Gasteiger partial charge in [0.15, 0.2) is 12.0 Å². The molecule has 0 fully saturated rings. The molecule has 0 unspecified atom stereocenters. The van der Waals surface area contributed by atoms with Gasteiger partial charge in [0.05, 0.1) is 0 Å². The van der Waals surface area contributed by atoms with Crippen LogP contribution in [0.3, 0.4) is 0 Å². The third-order valence-corrected chi connectivity index (χ3v) is 2.89. The summed E-state index contributed by atoms with van der Waals surface area (Å²) in [5.74, 6) is -0.435. The van der Waals surface area contributed by atoms with E-state index in [9.17, 15) is 9.18 Å². The number of nitrogens with zero attached hydrogens (tertiary/aromatic N) is 1. The summed E-state index contributed by atoms with van der Waals surface area (Å²) in [6.45, 7) is 0. The van der Waals surface area contributed by atoms with E-state index in [1.54, 1.807) is 6.20 Å². The van der Waals surface area contributed by atoms with Gasteiger partial charge in [-0.25, -0.2) is 4.39 Å². The molecule has 1 aliphatic rings. The molecule has 1 heterocycles. The Labute approximate surface area is 83.3 Å². The Kier molecular flexibility index (Phi) is 2.15. The topological polar surface area (TPSA) is 30.0 Å². The van der Waals surface area contributed by atoms with Gasteiger partial charge in [-0.2, -0.15) is 0 Å². The predicted octanol–water partition coefficient (Wildman–Crippen LogP) is 2.31. The SMILES string of the molecule is O=C1c2cncc(Br)c2CC[C@@H]1F. The van der Waals surface area contributed by atoms with Gasteiger partial charge < -0.3 is 0 Å². The fraction of sp³-hybridized carbons (Fsp3) is 0.333. The Hall–Kier alpha value is -0.770. The molecule has 2 rings (SSSR count). The molecule has 0 amide bonds. The number of hydrogen-bond donors (Lipinski definition) is 0. The number of rotatable bonds is 0. The molecule has 1 aliphatic carbocycles. The number of aromatic nitrogens is 1. The van der Waals surface area contributed by atoms with Crippen molar-refractivity contribution < 1.29 is 9.18 Å². The molecule has 0 spiro atoms. The minimum Gasteiger partial charge on any atom is -0.291 e. The summed E-state index contributed by atoms with van der Waals surface area (Å²) in [4.78, 5) is 15.2. The second-order valence-corrected chi connectivity index (χ2v) is 3.87. The number of carbonyl (C=O) groups excluding carboxylic acids is 1. The molecule has 1 atom stereocenters. The van der Waals surface area contributed by atoms with Crippen LogP contribution in [0.4, 0.5) is 4.39 Å². The van der Waals surface area contributed by atoms with Crippen molar-refractivity contribution in [2.75, 3.05) is 0 Å². The average molecular weight is 244 g/mol. The van der Waals surface area contributed by atoms with E-state index >= 15 is 0 Å². The van der Waals surface area contributed by atoms with Gasteiger partial charge in [0, 0.05) is 22.4 Å². The molecule has 0 bridgehead atoms. The molecule has 0 N–H and O–H groups in total. The zero-order chi connectivity index (χ0) is 9.42. The van der Waals surface area contributed by atoms with Crippen LogP contribution in [-0.4, -0.2) is 16.9 Å². The first-order valence-corrected chi connectivity index (χ1v) is 4.80. The van der Waals surface area contributed by atoms with Gasteiger partial charge in [-0.1, -0.05) is 0 Å². The third-order valence-electron chi connectivity index (χ3n) is 2.20. The van der Waals surface area contributed by atoms with E-state index in [1.165, 1.54) is 6.20 Å². The smallest absolute Gasteiger partial charge is 0.198 e. The molecular weight excluding hydrogens is 237 g/mol. The molecule has 68 valence electrons. The van der Waals surface area contributed by atoms with Crippen LogP contribution in [0.5, 0.6) is 0 Å². The molecule has 0 radical (unpaired) electrons.